The standard InChI is InChI=1S/C28H32O6/c1-30-25-24(20-31-17-21-11-5-2-6-12-21)34-28(29)27(33-19-23-15-9-4-10-16-23)26(25)32-18-22-13-7-3-8-14-22/h2-16,24-29H,17-20H2,1H3/t24-,25-,26+,27-,28+/m1/s1. The first-order chi connectivity index (χ1) is 16.7. The van der Waals surface area contributed by atoms with Crippen LogP contribution in [0, 0.1) is 0 Å². The predicted octanol–water partition coefficient (Wildman–Crippen LogP) is 4.11. The van der Waals surface area contributed by atoms with E-state index in [0.29, 0.717) is 19.8 Å². The molecule has 0 amide bonds. The van der Waals surface area contributed by atoms with E-state index < -0.39 is 30.7 Å². The smallest absolute Gasteiger partial charge is 0.184 e. The van der Waals surface area contributed by atoms with E-state index in [1.807, 2.05) is 91.0 Å². The molecule has 1 saturated heterocycles. The van der Waals surface area contributed by atoms with Crippen LogP contribution in [0.5, 0.6) is 0 Å². The van der Waals surface area contributed by atoms with Crippen molar-refractivity contribution in [1.29, 1.82) is 0 Å². The Bertz CT molecular complexity index is 952. The molecule has 0 saturated carbocycles. The molecule has 180 valence electrons. The molecule has 1 heterocycles. The topological polar surface area (TPSA) is 66.4 Å². The Hall–Kier alpha value is -2.58. The Morgan fingerprint density at radius 1 is 0.647 bits per heavy atom. The first-order valence-electron chi connectivity index (χ1n) is 11.5. The SMILES string of the molecule is CO[C@H]1[C@H](OCc2ccccc2)[C@@H](OCc2ccccc2)[C@@H](O)O[C@@H]1COCc1ccccc1. The van der Waals surface area contributed by atoms with E-state index in [2.05, 4.69) is 0 Å². The maximum absolute atomic E-state index is 10.9. The summed E-state index contributed by atoms with van der Waals surface area (Å²) in [6.07, 6.45) is -3.45. The van der Waals surface area contributed by atoms with Gasteiger partial charge in [-0.05, 0) is 16.7 Å². The van der Waals surface area contributed by atoms with Crippen molar-refractivity contribution in [2.75, 3.05) is 13.7 Å². The monoisotopic (exact) mass is 464 g/mol. The number of aliphatic hydroxyl groups excluding tert-OH is 1. The molecule has 1 aliphatic heterocycles. The molecule has 6 heteroatoms. The van der Waals surface area contributed by atoms with Gasteiger partial charge in [-0.25, -0.2) is 0 Å². The van der Waals surface area contributed by atoms with E-state index in [1.165, 1.54) is 0 Å². The molecule has 0 aromatic heterocycles. The molecular formula is C28H32O6. The highest BCUT2D eigenvalue weighted by atomic mass is 16.7. The lowest BCUT2D eigenvalue weighted by Gasteiger charge is -2.44. The minimum Gasteiger partial charge on any atom is -0.376 e. The molecular weight excluding hydrogens is 432 g/mol. The highest BCUT2D eigenvalue weighted by Crippen LogP contribution is 2.29. The van der Waals surface area contributed by atoms with Crippen LogP contribution in [0.4, 0.5) is 0 Å². The Balaban J connectivity index is 1.45. The zero-order valence-electron chi connectivity index (χ0n) is 19.4. The summed E-state index contributed by atoms with van der Waals surface area (Å²) in [5, 5.41) is 10.9. The maximum Gasteiger partial charge on any atom is 0.184 e. The van der Waals surface area contributed by atoms with Gasteiger partial charge in [-0.1, -0.05) is 91.0 Å². The van der Waals surface area contributed by atoms with Gasteiger partial charge in [0.2, 0.25) is 0 Å². The van der Waals surface area contributed by atoms with Crippen LogP contribution in [0.15, 0.2) is 91.0 Å². The molecule has 5 atom stereocenters. The molecule has 0 spiro atoms. The number of hydrogen-bond acceptors (Lipinski definition) is 6. The second-order valence-electron chi connectivity index (χ2n) is 8.29. The average Bonchev–Trinajstić information content (AvgIpc) is 2.88. The molecule has 0 radical (unpaired) electrons. The lowest BCUT2D eigenvalue weighted by molar-refractivity contribution is -0.312. The molecule has 1 fully saturated rings. The van der Waals surface area contributed by atoms with Crippen LogP contribution in [0.1, 0.15) is 16.7 Å². The molecule has 3 aromatic carbocycles. The molecule has 1 N–H and O–H groups in total. The van der Waals surface area contributed by atoms with Crippen LogP contribution >= 0.6 is 0 Å². The van der Waals surface area contributed by atoms with Gasteiger partial charge >= 0.3 is 0 Å². The first kappa shape index (κ1) is 24.5. The molecule has 3 aromatic rings. The summed E-state index contributed by atoms with van der Waals surface area (Å²) in [6, 6.07) is 29.6. The van der Waals surface area contributed by atoms with Gasteiger partial charge in [-0.2, -0.15) is 0 Å². The third-order valence-electron chi connectivity index (χ3n) is 5.85. The molecule has 0 unspecified atom stereocenters. The van der Waals surface area contributed by atoms with Gasteiger partial charge in [-0.15, -0.1) is 0 Å². The van der Waals surface area contributed by atoms with E-state index in [4.69, 9.17) is 23.7 Å². The van der Waals surface area contributed by atoms with Crippen molar-refractivity contribution in [1.82, 2.24) is 0 Å². The van der Waals surface area contributed by atoms with Gasteiger partial charge in [0, 0.05) is 7.11 Å². The fourth-order valence-electron chi connectivity index (χ4n) is 4.08. The molecule has 34 heavy (non-hydrogen) atoms. The van der Waals surface area contributed by atoms with Crippen LogP contribution in [0.3, 0.4) is 0 Å². The van der Waals surface area contributed by atoms with Crippen molar-refractivity contribution in [2.45, 2.75) is 50.5 Å². The normalized spacial score (nSPS) is 24.7. The molecule has 0 aliphatic carbocycles. The summed E-state index contributed by atoms with van der Waals surface area (Å²) < 4.78 is 30.0. The minimum absolute atomic E-state index is 0.251. The Morgan fingerprint density at radius 2 is 1.12 bits per heavy atom. The number of aliphatic hydroxyl groups is 1. The van der Waals surface area contributed by atoms with Gasteiger partial charge in [0.25, 0.3) is 0 Å². The van der Waals surface area contributed by atoms with E-state index in [-0.39, 0.29) is 6.61 Å². The second kappa shape index (κ2) is 12.8. The van der Waals surface area contributed by atoms with Gasteiger partial charge in [0.05, 0.1) is 26.4 Å². The van der Waals surface area contributed by atoms with E-state index >= 15 is 0 Å². The van der Waals surface area contributed by atoms with E-state index in [1.54, 1.807) is 7.11 Å². The Kier molecular flexibility index (Phi) is 9.21. The number of benzene rings is 3. The second-order valence-corrected chi connectivity index (χ2v) is 8.29. The van der Waals surface area contributed by atoms with Crippen molar-refractivity contribution < 1.29 is 28.8 Å². The van der Waals surface area contributed by atoms with E-state index in [0.717, 1.165) is 16.7 Å². The minimum atomic E-state index is -1.18. The Morgan fingerprint density at radius 3 is 1.62 bits per heavy atom. The fourth-order valence-corrected chi connectivity index (χ4v) is 4.08. The van der Waals surface area contributed by atoms with Crippen molar-refractivity contribution in [2.24, 2.45) is 0 Å². The van der Waals surface area contributed by atoms with Crippen molar-refractivity contribution in [3.63, 3.8) is 0 Å². The number of hydrogen-bond donors (Lipinski definition) is 1. The van der Waals surface area contributed by atoms with Crippen molar-refractivity contribution >= 4 is 0 Å². The lowest BCUT2D eigenvalue weighted by Crippen LogP contribution is -2.61. The number of rotatable bonds is 11. The summed E-state index contributed by atoms with van der Waals surface area (Å²) in [5.41, 5.74) is 3.09. The molecule has 6 nitrogen and oxygen atoms in total. The predicted molar refractivity (Wildman–Crippen MR) is 128 cm³/mol. The molecule has 0 bridgehead atoms. The highest BCUT2D eigenvalue weighted by Gasteiger charge is 2.47. The van der Waals surface area contributed by atoms with Crippen LogP contribution < -0.4 is 0 Å². The fraction of sp³-hybridized carbons (Fsp3) is 0.357. The van der Waals surface area contributed by atoms with Crippen molar-refractivity contribution in [3.05, 3.63) is 108 Å². The third-order valence-corrected chi connectivity index (χ3v) is 5.85. The summed E-state index contributed by atoms with van der Waals surface area (Å²) in [7, 11) is 1.61. The van der Waals surface area contributed by atoms with Crippen LogP contribution in [-0.4, -0.2) is 49.5 Å². The van der Waals surface area contributed by atoms with Gasteiger partial charge in [0.15, 0.2) is 6.29 Å². The summed E-state index contributed by atoms with van der Waals surface area (Å²) in [5.74, 6) is 0. The van der Waals surface area contributed by atoms with Crippen LogP contribution in [0.25, 0.3) is 0 Å². The van der Waals surface area contributed by atoms with Crippen LogP contribution in [0.2, 0.25) is 0 Å². The van der Waals surface area contributed by atoms with Crippen LogP contribution in [-0.2, 0) is 43.5 Å². The number of ether oxygens (including phenoxy) is 5. The summed E-state index contributed by atoms with van der Waals surface area (Å²) in [6.45, 7) is 1.38. The van der Waals surface area contributed by atoms with Gasteiger partial charge < -0.3 is 28.8 Å². The lowest BCUT2D eigenvalue weighted by atomic mass is 9.98. The van der Waals surface area contributed by atoms with E-state index in [9.17, 15) is 5.11 Å². The maximum atomic E-state index is 10.9. The zero-order valence-corrected chi connectivity index (χ0v) is 19.4. The van der Waals surface area contributed by atoms with Crippen molar-refractivity contribution in [3.8, 4) is 0 Å². The summed E-state index contributed by atoms with van der Waals surface area (Å²) in [4.78, 5) is 0. The first-order valence-corrected chi connectivity index (χ1v) is 11.5. The quantitative estimate of drug-likeness (QED) is 0.461. The largest absolute Gasteiger partial charge is 0.376 e. The molecule has 1 aliphatic rings. The third kappa shape index (κ3) is 6.73. The summed E-state index contributed by atoms with van der Waals surface area (Å²) >= 11 is 0. The highest BCUT2D eigenvalue weighted by molar-refractivity contribution is 5.15. The average molecular weight is 465 g/mol. The number of methoxy groups -OCH3 is 1. The van der Waals surface area contributed by atoms with Gasteiger partial charge in [-0.3, -0.25) is 0 Å². The zero-order chi connectivity index (χ0) is 23.6. The van der Waals surface area contributed by atoms with Gasteiger partial charge in [0.1, 0.15) is 24.4 Å². The Labute approximate surface area is 201 Å². The molecule has 4 rings (SSSR count).